The van der Waals surface area contributed by atoms with Gasteiger partial charge in [0.15, 0.2) is 0 Å². The highest BCUT2D eigenvalue weighted by molar-refractivity contribution is 5.97. The Kier molecular flexibility index (Phi) is 15.1. The van der Waals surface area contributed by atoms with Gasteiger partial charge in [0, 0.05) is 19.4 Å². The summed E-state index contributed by atoms with van der Waals surface area (Å²) in [4.78, 5) is 91.9. The van der Waals surface area contributed by atoms with E-state index in [1.807, 2.05) is 0 Å². The number of nitrogens with one attached hydrogen (secondary N) is 4. The molecule has 0 radical (unpaired) electrons. The zero-order valence-corrected chi connectivity index (χ0v) is 29.2. The van der Waals surface area contributed by atoms with Crippen LogP contribution in [-0.4, -0.2) is 121 Å². The van der Waals surface area contributed by atoms with Gasteiger partial charge in [0.1, 0.15) is 47.8 Å². The number of aliphatic carboxylic acids is 2. The standard InChI is InChI=1S/C35H46N6O12/c1-18(2)29(35(52)53)40-32(49)25(16-28(45)46)37-31(48)24(14-19-5-9-21(43)10-6-19)38-33(50)27-4-3-13-41(27)34(51)26(39-30(47)23(36)17-42)15-20-7-11-22(44)12-8-20/h5-12,18,23-27,29,42-44H,3-4,13-17,36H2,1-2H3,(H,37,48)(H,38,50)(H,39,47)(H,40,49)(H,45,46)(H,52,53)/t23-,24-,25-,26-,27-,29-/m0/s1. The summed E-state index contributed by atoms with van der Waals surface area (Å²) in [6.45, 7) is 2.45. The zero-order chi connectivity index (χ0) is 39.4. The summed E-state index contributed by atoms with van der Waals surface area (Å²) < 4.78 is 0. The number of carbonyl (C=O) groups excluding carboxylic acids is 5. The fourth-order valence-corrected chi connectivity index (χ4v) is 5.70. The molecule has 1 heterocycles. The highest BCUT2D eigenvalue weighted by atomic mass is 16.4. The van der Waals surface area contributed by atoms with Gasteiger partial charge < -0.3 is 57.4 Å². The summed E-state index contributed by atoms with van der Waals surface area (Å²) in [6.07, 6.45) is -0.650. The second-order valence-electron chi connectivity index (χ2n) is 13.1. The SMILES string of the molecule is CC(C)[C@H](NC(=O)[C@H](CC(=O)O)NC(=O)[C@H](Cc1ccc(O)cc1)NC(=O)[C@@H]1CCCN1C(=O)[C@H](Cc1ccc(O)cc1)NC(=O)[C@@H](N)CO)C(=O)O. The number of aliphatic hydroxyl groups is 1. The molecule has 2 aromatic carbocycles. The minimum Gasteiger partial charge on any atom is -0.508 e. The van der Waals surface area contributed by atoms with Crippen molar-refractivity contribution in [2.45, 2.75) is 82.2 Å². The number of nitrogens with zero attached hydrogens (tertiary/aromatic N) is 1. The summed E-state index contributed by atoms with van der Waals surface area (Å²) in [5.74, 6) is -7.87. The van der Waals surface area contributed by atoms with Gasteiger partial charge in [0.2, 0.25) is 29.5 Å². The molecular formula is C35H46N6O12. The Bertz CT molecular complexity index is 1630. The van der Waals surface area contributed by atoms with Crippen LogP contribution in [0.4, 0.5) is 0 Å². The number of amides is 5. The van der Waals surface area contributed by atoms with Gasteiger partial charge in [-0.05, 0) is 54.2 Å². The van der Waals surface area contributed by atoms with Crippen molar-refractivity contribution in [2.24, 2.45) is 11.7 Å². The predicted molar refractivity (Wildman–Crippen MR) is 186 cm³/mol. The molecule has 1 aliphatic rings. The van der Waals surface area contributed by atoms with E-state index in [-0.39, 0.29) is 37.3 Å². The van der Waals surface area contributed by atoms with Crippen LogP contribution in [0.5, 0.6) is 11.5 Å². The van der Waals surface area contributed by atoms with Crippen molar-refractivity contribution in [3.63, 3.8) is 0 Å². The largest absolute Gasteiger partial charge is 0.508 e. The average Bonchev–Trinajstić information content (AvgIpc) is 3.60. The van der Waals surface area contributed by atoms with Crippen LogP contribution >= 0.6 is 0 Å². The van der Waals surface area contributed by atoms with Crippen LogP contribution in [0.3, 0.4) is 0 Å². The highest BCUT2D eigenvalue weighted by Gasteiger charge is 2.40. The Labute approximate surface area is 304 Å². The number of carboxylic acids is 2. The van der Waals surface area contributed by atoms with Crippen LogP contribution in [0.1, 0.15) is 44.2 Å². The number of rotatable bonds is 18. The fraction of sp³-hybridized carbons (Fsp3) is 0.457. The second-order valence-corrected chi connectivity index (χ2v) is 13.1. The van der Waals surface area contributed by atoms with Crippen molar-refractivity contribution in [2.75, 3.05) is 13.2 Å². The van der Waals surface area contributed by atoms with Gasteiger partial charge in [-0.25, -0.2) is 4.79 Å². The van der Waals surface area contributed by atoms with E-state index in [4.69, 9.17) is 5.73 Å². The molecule has 1 saturated heterocycles. The van der Waals surface area contributed by atoms with E-state index in [1.165, 1.54) is 67.3 Å². The molecule has 0 saturated carbocycles. The third-order valence-corrected chi connectivity index (χ3v) is 8.61. The Hall–Kier alpha value is -5.75. The van der Waals surface area contributed by atoms with E-state index < -0.39 is 96.7 Å². The van der Waals surface area contributed by atoms with Crippen molar-refractivity contribution in [3.05, 3.63) is 59.7 Å². The molecule has 1 aliphatic heterocycles. The van der Waals surface area contributed by atoms with E-state index in [2.05, 4.69) is 21.3 Å². The molecule has 53 heavy (non-hydrogen) atoms. The molecule has 3 rings (SSSR count). The molecule has 5 amide bonds. The van der Waals surface area contributed by atoms with Gasteiger partial charge >= 0.3 is 11.9 Å². The molecule has 0 aromatic heterocycles. The molecular weight excluding hydrogens is 696 g/mol. The Morgan fingerprint density at radius 2 is 1.26 bits per heavy atom. The first-order chi connectivity index (χ1) is 25.0. The maximum Gasteiger partial charge on any atom is 0.326 e. The van der Waals surface area contributed by atoms with Gasteiger partial charge in [0.25, 0.3) is 0 Å². The minimum atomic E-state index is -1.74. The van der Waals surface area contributed by atoms with Crippen LogP contribution in [0, 0.1) is 5.92 Å². The van der Waals surface area contributed by atoms with Crippen LogP contribution in [0.2, 0.25) is 0 Å². The van der Waals surface area contributed by atoms with Crippen molar-refractivity contribution >= 4 is 41.5 Å². The summed E-state index contributed by atoms with van der Waals surface area (Å²) >= 11 is 0. The van der Waals surface area contributed by atoms with Crippen molar-refractivity contribution in [3.8, 4) is 11.5 Å². The van der Waals surface area contributed by atoms with Gasteiger partial charge in [-0.1, -0.05) is 38.1 Å². The van der Waals surface area contributed by atoms with Crippen LogP contribution < -0.4 is 27.0 Å². The summed E-state index contributed by atoms with van der Waals surface area (Å²) in [6, 6.07) is 3.19. The van der Waals surface area contributed by atoms with E-state index in [0.717, 1.165) is 0 Å². The zero-order valence-electron chi connectivity index (χ0n) is 29.2. The molecule has 6 atom stereocenters. The molecule has 0 spiro atoms. The normalized spacial score (nSPS) is 16.8. The maximum absolute atomic E-state index is 14.0. The molecule has 0 aliphatic carbocycles. The lowest BCUT2D eigenvalue weighted by Crippen LogP contribution is -2.60. The number of nitrogens with two attached hydrogens (primary N) is 1. The van der Waals surface area contributed by atoms with E-state index >= 15 is 0 Å². The maximum atomic E-state index is 14.0. The number of benzene rings is 2. The van der Waals surface area contributed by atoms with Gasteiger partial charge in [-0.15, -0.1) is 0 Å². The Morgan fingerprint density at radius 1 is 0.755 bits per heavy atom. The topological polar surface area (TPSA) is 298 Å². The van der Waals surface area contributed by atoms with Crippen molar-refractivity contribution < 1.29 is 59.1 Å². The number of aromatic hydroxyl groups is 2. The molecule has 0 unspecified atom stereocenters. The smallest absolute Gasteiger partial charge is 0.326 e. The predicted octanol–water partition coefficient (Wildman–Crippen LogP) is -1.65. The molecule has 1 fully saturated rings. The van der Waals surface area contributed by atoms with Crippen LogP contribution in [0.25, 0.3) is 0 Å². The van der Waals surface area contributed by atoms with E-state index in [0.29, 0.717) is 17.5 Å². The van der Waals surface area contributed by atoms with E-state index in [9.17, 15) is 59.1 Å². The van der Waals surface area contributed by atoms with Crippen molar-refractivity contribution in [1.29, 1.82) is 0 Å². The van der Waals surface area contributed by atoms with Gasteiger partial charge in [-0.2, -0.15) is 0 Å². The first-order valence-corrected chi connectivity index (χ1v) is 16.9. The lowest BCUT2D eigenvalue weighted by molar-refractivity contribution is -0.144. The molecule has 11 N–H and O–H groups in total. The third kappa shape index (κ3) is 12.2. The first-order valence-electron chi connectivity index (χ1n) is 16.9. The summed E-state index contributed by atoms with van der Waals surface area (Å²) in [5.41, 5.74) is 6.67. The number of hydrogen-bond donors (Lipinski definition) is 10. The average molecular weight is 743 g/mol. The number of phenols is 2. The van der Waals surface area contributed by atoms with Gasteiger partial charge in [0.05, 0.1) is 13.0 Å². The number of likely N-dealkylation sites (tertiary alicyclic amines) is 1. The van der Waals surface area contributed by atoms with E-state index in [1.54, 1.807) is 0 Å². The molecule has 0 bridgehead atoms. The minimum absolute atomic E-state index is 0.0277. The molecule has 2 aromatic rings. The molecule has 18 nitrogen and oxygen atoms in total. The van der Waals surface area contributed by atoms with Gasteiger partial charge in [-0.3, -0.25) is 28.8 Å². The van der Waals surface area contributed by atoms with Crippen LogP contribution in [0.15, 0.2) is 48.5 Å². The fourth-order valence-electron chi connectivity index (χ4n) is 5.70. The quantitative estimate of drug-likeness (QED) is 0.0820. The summed E-state index contributed by atoms with van der Waals surface area (Å²) in [5, 5.41) is 57.5. The number of phenolic OH excluding ortho intramolecular Hbond substituents is 2. The van der Waals surface area contributed by atoms with Crippen LogP contribution in [-0.2, 0) is 46.4 Å². The molecule has 288 valence electrons. The second kappa shape index (κ2) is 19.2. The number of carboxylic acid groups (broad SMARTS) is 2. The lowest BCUT2D eigenvalue weighted by atomic mass is 10.0. The Balaban J connectivity index is 1.88. The molecule has 18 heteroatoms. The number of aliphatic hydroxyl groups excluding tert-OH is 1. The Morgan fingerprint density at radius 3 is 1.75 bits per heavy atom. The third-order valence-electron chi connectivity index (χ3n) is 8.61. The monoisotopic (exact) mass is 742 g/mol. The highest BCUT2D eigenvalue weighted by Crippen LogP contribution is 2.21. The first kappa shape index (κ1) is 41.7. The summed E-state index contributed by atoms with van der Waals surface area (Å²) in [7, 11) is 0. The number of hydrogen-bond acceptors (Lipinski definition) is 11. The lowest BCUT2D eigenvalue weighted by Gasteiger charge is -2.30. The number of carbonyl (C=O) groups is 7. The van der Waals surface area contributed by atoms with Crippen molar-refractivity contribution in [1.82, 2.24) is 26.2 Å².